The molecule has 0 aromatic carbocycles. The average molecular weight is 377 g/mol. The largest absolute Gasteiger partial charge is 0.357 e. The number of anilines is 1. The van der Waals surface area contributed by atoms with Gasteiger partial charge in [0.25, 0.3) is 5.91 Å². The Kier molecular flexibility index (Phi) is 11.0. The van der Waals surface area contributed by atoms with Crippen LogP contribution in [-0.4, -0.2) is 55.1 Å². The number of hydrogen-bond donors (Lipinski definition) is 1. The molecule has 0 unspecified atom stereocenters. The van der Waals surface area contributed by atoms with Gasteiger partial charge in [-0.1, -0.05) is 6.92 Å². The maximum Gasteiger partial charge on any atom is 0.255 e. The second-order valence-corrected chi connectivity index (χ2v) is 5.84. The number of hydrogen-bond acceptors (Lipinski definition) is 4. The van der Waals surface area contributed by atoms with Gasteiger partial charge in [0.1, 0.15) is 5.82 Å². The second-order valence-electron chi connectivity index (χ2n) is 5.84. The first kappa shape index (κ1) is 23.0. The highest BCUT2D eigenvalue weighted by Gasteiger charge is 2.22. The van der Waals surface area contributed by atoms with Crippen molar-refractivity contribution >= 4 is 36.5 Å². The summed E-state index contributed by atoms with van der Waals surface area (Å²) in [5, 5.41) is 3.29. The third-order valence-corrected chi connectivity index (χ3v) is 4.38. The van der Waals surface area contributed by atoms with E-state index in [1.165, 1.54) is 0 Å². The van der Waals surface area contributed by atoms with Crippen molar-refractivity contribution in [1.82, 2.24) is 15.2 Å². The van der Waals surface area contributed by atoms with Gasteiger partial charge in [0.2, 0.25) is 0 Å². The first-order valence-corrected chi connectivity index (χ1v) is 8.37. The third kappa shape index (κ3) is 5.80. The number of piperidine rings is 1. The molecule has 1 saturated heterocycles. The van der Waals surface area contributed by atoms with E-state index in [9.17, 15) is 4.79 Å². The summed E-state index contributed by atoms with van der Waals surface area (Å²) in [5.74, 6) is 1.06. The zero-order chi connectivity index (χ0) is 15.9. The summed E-state index contributed by atoms with van der Waals surface area (Å²) in [7, 11) is 1.99. The number of halogens is 2. The highest BCUT2D eigenvalue weighted by Crippen LogP contribution is 2.16. The van der Waals surface area contributed by atoms with Gasteiger partial charge in [-0.15, -0.1) is 24.8 Å². The SMILES string of the molecule is CCCN(CC)c1ccc(C(=O)N2CCC(NC)CC2)cn1.Cl.Cl. The third-order valence-electron chi connectivity index (χ3n) is 4.38. The summed E-state index contributed by atoms with van der Waals surface area (Å²) in [5.41, 5.74) is 0.694. The molecule has 1 aliphatic rings. The lowest BCUT2D eigenvalue weighted by molar-refractivity contribution is 0.0707. The quantitative estimate of drug-likeness (QED) is 0.828. The minimum atomic E-state index is 0. The molecule has 7 heteroatoms. The monoisotopic (exact) mass is 376 g/mol. The lowest BCUT2D eigenvalue weighted by atomic mass is 10.0. The first-order valence-electron chi connectivity index (χ1n) is 8.37. The molecule has 1 N–H and O–H groups in total. The van der Waals surface area contributed by atoms with Crippen LogP contribution < -0.4 is 10.2 Å². The van der Waals surface area contributed by atoms with Crippen LogP contribution in [-0.2, 0) is 0 Å². The van der Waals surface area contributed by atoms with Crippen molar-refractivity contribution < 1.29 is 4.79 Å². The zero-order valence-electron chi connectivity index (χ0n) is 14.8. The minimum absolute atomic E-state index is 0. The molecule has 1 aliphatic heterocycles. The highest BCUT2D eigenvalue weighted by molar-refractivity contribution is 5.94. The van der Waals surface area contributed by atoms with Crippen molar-refractivity contribution in [3.05, 3.63) is 23.9 Å². The number of nitrogens with one attached hydrogen (secondary N) is 1. The Morgan fingerprint density at radius 3 is 2.42 bits per heavy atom. The van der Waals surface area contributed by atoms with Gasteiger partial charge in [-0.2, -0.15) is 0 Å². The topological polar surface area (TPSA) is 48.5 Å². The standard InChI is InChI=1S/C17H28N4O.2ClH/c1-4-10-20(5-2)16-7-6-14(13-19-16)17(22)21-11-8-15(18-3)9-12-21;;/h6-7,13,15,18H,4-5,8-12H2,1-3H3;2*1H. The molecule has 138 valence electrons. The summed E-state index contributed by atoms with van der Waals surface area (Å²) in [6.07, 6.45) is 4.86. The summed E-state index contributed by atoms with van der Waals surface area (Å²) in [6, 6.07) is 4.41. The van der Waals surface area contributed by atoms with Gasteiger partial charge < -0.3 is 15.1 Å². The maximum absolute atomic E-state index is 12.5. The van der Waals surface area contributed by atoms with Gasteiger partial charge in [-0.05, 0) is 45.4 Å². The van der Waals surface area contributed by atoms with Crippen molar-refractivity contribution in [2.24, 2.45) is 0 Å². The highest BCUT2D eigenvalue weighted by atomic mass is 35.5. The van der Waals surface area contributed by atoms with Crippen LogP contribution in [0.15, 0.2) is 18.3 Å². The van der Waals surface area contributed by atoms with E-state index in [4.69, 9.17) is 0 Å². The molecule has 0 bridgehead atoms. The minimum Gasteiger partial charge on any atom is -0.357 e. The Morgan fingerprint density at radius 2 is 1.96 bits per heavy atom. The van der Waals surface area contributed by atoms with Gasteiger partial charge in [0.15, 0.2) is 0 Å². The summed E-state index contributed by atoms with van der Waals surface area (Å²) >= 11 is 0. The number of amides is 1. The van der Waals surface area contributed by atoms with Crippen LogP contribution in [0.5, 0.6) is 0 Å². The molecule has 0 aliphatic carbocycles. The lowest BCUT2D eigenvalue weighted by Crippen LogP contribution is -2.44. The normalized spacial score (nSPS) is 14.5. The van der Waals surface area contributed by atoms with Crippen LogP contribution in [0.3, 0.4) is 0 Å². The number of carbonyl (C=O) groups excluding carboxylic acids is 1. The molecule has 24 heavy (non-hydrogen) atoms. The van der Waals surface area contributed by atoms with E-state index in [0.717, 1.165) is 51.3 Å². The Morgan fingerprint density at radius 1 is 1.29 bits per heavy atom. The van der Waals surface area contributed by atoms with E-state index in [1.807, 2.05) is 24.1 Å². The van der Waals surface area contributed by atoms with E-state index in [0.29, 0.717) is 11.6 Å². The molecule has 0 atom stereocenters. The fourth-order valence-electron chi connectivity index (χ4n) is 2.96. The number of carbonyl (C=O) groups is 1. The van der Waals surface area contributed by atoms with E-state index in [-0.39, 0.29) is 30.7 Å². The number of likely N-dealkylation sites (tertiary alicyclic amines) is 1. The Bertz CT molecular complexity index is 476. The molecular weight excluding hydrogens is 347 g/mol. The summed E-state index contributed by atoms with van der Waals surface area (Å²) in [4.78, 5) is 21.2. The summed E-state index contributed by atoms with van der Waals surface area (Å²) in [6.45, 7) is 7.86. The van der Waals surface area contributed by atoms with Crippen LogP contribution in [0, 0.1) is 0 Å². The number of nitrogens with zero attached hydrogens (tertiary/aromatic N) is 3. The van der Waals surface area contributed by atoms with Crippen molar-refractivity contribution in [3.63, 3.8) is 0 Å². The molecule has 2 rings (SSSR count). The van der Waals surface area contributed by atoms with E-state index in [2.05, 4.69) is 29.0 Å². The molecule has 1 aromatic heterocycles. The van der Waals surface area contributed by atoms with Crippen LogP contribution >= 0.6 is 24.8 Å². The number of aromatic nitrogens is 1. The van der Waals surface area contributed by atoms with Gasteiger partial charge in [-0.25, -0.2) is 4.98 Å². The molecule has 0 radical (unpaired) electrons. The molecule has 1 aromatic rings. The van der Waals surface area contributed by atoms with Gasteiger partial charge in [-0.3, -0.25) is 4.79 Å². The second kappa shape index (κ2) is 11.5. The van der Waals surface area contributed by atoms with Crippen molar-refractivity contribution in [2.45, 2.75) is 39.2 Å². The maximum atomic E-state index is 12.5. The predicted molar refractivity (Wildman–Crippen MR) is 105 cm³/mol. The fraction of sp³-hybridized carbons (Fsp3) is 0.647. The van der Waals surface area contributed by atoms with Gasteiger partial charge in [0.05, 0.1) is 5.56 Å². The van der Waals surface area contributed by atoms with Crippen molar-refractivity contribution in [1.29, 1.82) is 0 Å². The van der Waals surface area contributed by atoms with E-state index >= 15 is 0 Å². The first-order chi connectivity index (χ1) is 10.7. The zero-order valence-corrected chi connectivity index (χ0v) is 16.5. The Labute approximate surface area is 158 Å². The molecule has 2 heterocycles. The van der Waals surface area contributed by atoms with Crippen molar-refractivity contribution in [3.8, 4) is 0 Å². The number of rotatable bonds is 6. The van der Waals surface area contributed by atoms with Gasteiger partial charge in [0, 0.05) is 38.4 Å². The smallest absolute Gasteiger partial charge is 0.255 e. The van der Waals surface area contributed by atoms with E-state index < -0.39 is 0 Å². The molecule has 0 saturated carbocycles. The fourth-order valence-corrected chi connectivity index (χ4v) is 2.96. The van der Waals surface area contributed by atoms with Crippen LogP contribution in [0.4, 0.5) is 5.82 Å². The number of pyridine rings is 1. The Hall–Kier alpha value is -1.04. The summed E-state index contributed by atoms with van der Waals surface area (Å²) < 4.78 is 0. The molecule has 0 spiro atoms. The average Bonchev–Trinajstić information content (AvgIpc) is 2.59. The van der Waals surface area contributed by atoms with Crippen LogP contribution in [0.1, 0.15) is 43.5 Å². The van der Waals surface area contributed by atoms with Crippen LogP contribution in [0.25, 0.3) is 0 Å². The molecule has 1 fully saturated rings. The molecule has 1 amide bonds. The molecule has 5 nitrogen and oxygen atoms in total. The lowest BCUT2D eigenvalue weighted by Gasteiger charge is -2.31. The Balaban J connectivity index is 0.00000264. The predicted octanol–water partition coefficient (Wildman–Crippen LogP) is 2.99. The van der Waals surface area contributed by atoms with Crippen molar-refractivity contribution in [2.75, 3.05) is 38.1 Å². The van der Waals surface area contributed by atoms with Crippen LogP contribution in [0.2, 0.25) is 0 Å². The van der Waals surface area contributed by atoms with E-state index in [1.54, 1.807) is 6.20 Å². The van der Waals surface area contributed by atoms with Gasteiger partial charge >= 0.3 is 0 Å². The molecular formula is C17H30Cl2N4O.